The summed E-state index contributed by atoms with van der Waals surface area (Å²) in [6.07, 6.45) is 17.2. The first-order chi connectivity index (χ1) is 15.6. The van der Waals surface area contributed by atoms with Gasteiger partial charge in [0, 0.05) is 12.6 Å². The van der Waals surface area contributed by atoms with Gasteiger partial charge in [0.1, 0.15) is 17.9 Å². The Morgan fingerprint density at radius 3 is 2.28 bits per heavy atom. The molecule has 1 heterocycles. The van der Waals surface area contributed by atoms with Crippen LogP contribution in [0.25, 0.3) is 0 Å². The summed E-state index contributed by atoms with van der Waals surface area (Å²) < 4.78 is 7.95. The van der Waals surface area contributed by atoms with E-state index in [1.54, 1.807) is 0 Å². The zero-order chi connectivity index (χ0) is 23.0. The highest BCUT2D eigenvalue weighted by Gasteiger charge is 2.10. The number of rotatable bonds is 16. The first-order valence-corrected chi connectivity index (χ1v) is 12.6. The number of hydrogen-bond acceptors (Lipinski definition) is 2. The van der Waals surface area contributed by atoms with Gasteiger partial charge in [0.2, 0.25) is 0 Å². The average Bonchev–Trinajstić information content (AvgIpc) is 2.81. The van der Waals surface area contributed by atoms with Crippen molar-refractivity contribution >= 4 is 5.91 Å². The van der Waals surface area contributed by atoms with Gasteiger partial charge in [0.25, 0.3) is 5.91 Å². The Morgan fingerprint density at radius 1 is 0.938 bits per heavy atom. The van der Waals surface area contributed by atoms with Gasteiger partial charge in [0.05, 0.1) is 6.61 Å². The zero-order valence-electron chi connectivity index (χ0n) is 20.5. The molecule has 0 saturated carbocycles. The molecule has 176 valence electrons. The lowest BCUT2D eigenvalue weighted by Crippen LogP contribution is -2.34. The molecule has 0 fully saturated rings. The number of pyridine rings is 1. The maximum Gasteiger partial charge on any atom is 0.257 e. The van der Waals surface area contributed by atoms with Crippen LogP contribution in [-0.2, 0) is 13.1 Å². The van der Waals surface area contributed by atoms with Crippen LogP contribution >= 0.6 is 0 Å². The van der Waals surface area contributed by atoms with E-state index >= 15 is 0 Å². The molecule has 2 aromatic rings. The number of hydrogen-bond donors (Lipinski definition) is 1. The molecular formula is C28H43N2O2+. The molecule has 0 aliphatic carbocycles. The molecule has 0 aliphatic heterocycles. The molecule has 0 saturated heterocycles. The molecule has 1 amide bonds. The summed E-state index contributed by atoms with van der Waals surface area (Å²) in [7, 11) is 0. The Bertz CT molecular complexity index is 804. The summed E-state index contributed by atoms with van der Waals surface area (Å²) in [5.74, 6) is 0.869. The van der Waals surface area contributed by atoms with Gasteiger partial charge < -0.3 is 10.1 Å². The van der Waals surface area contributed by atoms with Crippen LogP contribution in [0.2, 0.25) is 0 Å². The Morgan fingerprint density at radius 2 is 1.62 bits per heavy atom. The van der Waals surface area contributed by atoms with E-state index in [2.05, 4.69) is 38.2 Å². The molecule has 0 spiro atoms. The third kappa shape index (κ3) is 9.84. The number of amides is 1. The molecule has 0 radical (unpaired) electrons. The fourth-order valence-electron chi connectivity index (χ4n) is 3.87. The lowest BCUT2D eigenvalue weighted by molar-refractivity contribution is -0.693. The van der Waals surface area contributed by atoms with Crippen molar-refractivity contribution in [2.45, 2.75) is 98.1 Å². The standard InChI is InChI=1S/C28H42N2O2/c1-4-6-7-8-9-10-11-12-13-14-20-32-27-18-17-25(24(3)21-27)22-29-28(31)26-16-15-19-30(5-2)23-26/h15-19,21,23H,4-14,20,22H2,1-3H3/p+1. The third-order valence-electron chi connectivity index (χ3n) is 6.01. The summed E-state index contributed by atoms with van der Waals surface area (Å²) >= 11 is 0. The highest BCUT2D eigenvalue weighted by atomic mass is 16.5. The lowest BCUT2D eigenvalue weighted by Gasteiger charge is -2.11. The Hall–Kier alpha value is -2.36. The average molecular weight is 440 g/mol. The number of unbranched alkanes of at least 4 members (excludes halogenated alkanes) is 9. The van der Waals surface area contributed by atoms with Crippen LogP contribution in [0.3, 0.4) is 0 Å². The Balaban J connectivity index is 1.63. The Kier molecular flexibility index (Phi) is 12.5. The van der Waals surface area contributed by atoms with Gasteiger partial charge in [-0.25, -0.2) is 4.57 Å². The van der Waals surface area contributed by atoms with Crippen molar-refractivity contribution in [1.29, 1.82) is 0 Å². The van der Waals surface area contributed by atoms with Crippen LogP contribution in [0.15, 0.2) is 42.7 Å². The van der Waals surface area contributed by atoms with Crippen LogP contribution in [0.5, 0.6) is 5.75 Å². The predicted molar refractivity (Wildman–Crippen MR) is 132 cm³/mol. The van der Waals surface area contributed by atoms with E-state index in [-0.39, 0.29) is 5.91 Å². The van der Waals surface area contributed by atoms with Crippen molar-refractivity contribution in [3.63, 3.8) is 0 Å². The number of aryl methyl sites for hydroxylation is 2. The topological polar surface area (TPSA) is 42.2 Å². The molecular weight excluding hydrogens is 396 g/mol. The maximum absolute atomic E-state index is 12.4. The third-order valence-corrected chi connectivity index (χ3v) is 6.01. The van der Waals surface area contributed by atoms with E-state index in [9.17, 15) is 4.79 Å². The monoisotopic (exact) mass is 439 g/mol. The lowest BCUT2D eigenvalue weighted by atomic mass is 10.1. The molecule has 0 unspecified atom stereocenters. The molecule has 1 aromatic carbocycles. The normalized spacial score (nSPS) is 10.8. The second kappa shape index (κ2) is 15.4. The minimum Gasteiger partial charge on any atom is -0.494 e. The first kappa shape index (κ1) is 25.9. The number of carbonyl (C=O) groups excluding carboxylic acids is 1. The van der Waals surface area contributed by atoms with E-state index < -0.39 is 0 Å². The number of benzene rings is 1. The summed E-state index contributed by atoms with van der Waals surface area (Å²) in [6, 6.07) is 9.90. The minimum absolute atomic E-state index is 0.0477. The van der Waals surface area contributed by atoms with Gasteiger partial charge in [0.15, 0.2) is 12.4 Å². The number of nitrogens with one attached hydrogen (secondary N) is 1. The predicted octanol–water partition coefficient (Wildman–Crippen LogP) is 6.53. The van der Waals surface area contributed by atoms with E-state index in [0.29, 0.717) is 12.1 Å². The summed E-state index contributed by atoms with van der Waals surface area (Å²) in [4.78, 5) is 12.4. The van der Waals surface area contributed by atoms with Crippen LogP contribution in [0.4, 0.5) is 0 Å². The van der Waals surface area contributed by atoms with E-state index in [1.165, 1.54) is 57.8 Å². The van der Waals surface area contributed by atoms with Crippen LogP contribution in [-0.4, -0.2) is 12.5 Å². The molecule has 0 aliphatic rings. The maximum atomic E-state index is 12.4. The van der Waals surface area contributed by atoms with Crippen molar-refractivity contribution in [2.24, 2.45) is 0 Å². The Labute approximate surface area is 195 Å². The molecule has 0 bridgehead atoms. The summed E-state index contributed by atoms with van der Waals surface area (Å²) in [6.45, 7) is 8.54. The molecule has 32 heavy (non-hydrogen) atoms. The summed E-state index contributed by atoms with van der Waals surface area (Å²) in [5, 5.41) is 3.02. The van der Waals surface area contributed by atoms with Gasteiger partial charge in [-0.3, -0.25) is 4.79 Å². The number of aromatic nitrogens is 1. The second-order valence-corrected chi connectivity index (χ2v) is 8.72. The van der Waals surface area contributed by atoms with Crippen LogP contribution in [0, 0.1) is 6.92 Å². The zero-order valence-corrected chi connectivity index (χ0v) is 20.5. The van der Waals surface area contributed by atoms with Crippen molar-refractivity contribution in [3.8, 4) is 5.75 Å². The summed E-state index contributed by atoms with van der Waals surface area (Å²) in [5.41, 5.74) is 2.94. The van der Waals surface area contributed by atoms with Crippen LogP contribution in [0.1, 0.15) is 99.5 Å². The molecule has 4 nitrogen and oxygen atoms in total. The van der Waals surface area contributed by atoms with E-state index in [4.69, 9.17) is 4.74 Å². The van der Waals surface area contributed by atoms with Gasteiger partial charge in [-0.1, -0.05) is 70.8 Å². The highest BCUT2D eigenvalue weighted by molar-refractivity contribution is 5.93. The van der Waals surface area contributed by atoms with E-state index in [0.717, 1.165) is 36.4 Å². The van der Waals surface area contributed by atoms with E-state index in [1.807, 2.05) is 35.2 Å². The van der Waals surface area contributed by atoms with Gasteiger partial charge >= 0.3 is 0 Å². The smallest absolute Gasteiger partial charge is 0.257 e. The fraction of sp³-hybridized carbons (Fsp3) is 0.571. The second-order valence-electron chi connectivity index (χ2n) is 8.72. The van der Waals surface area contributed by atoms with Crippen molar-refractivity contribution in [2.75, 3.05) is 6.61 Å². The largest absolute Gasteiger partial charge is 0.494 e. The van der Waals surface area contributed by atoms with Crippen molar-refractivity contribution in [1.82, 2.24) is 5.32 Å². The number of carbonyl (C=O) groups is 1. The minimum atomic E-state index is -0.0477. The fourth-order valence-corrected chi connectivity index (χ4v) is 3.87. The SMILES string of the molecule is CCCCCCCCCCCCOc1ccc(CNC(=O)c2ccc[n+](CC)c2)c(C)c1. The molecule has 1 N–H and O–H groups in total. The first-order valence-electron chi connectivity index (χ1n) is 12.6. The van der Waals surface area contributed by atoms with Crippen molar-refractivity contribution < 1.29 is 14.1 Å². The molecule has 4 heteroatoms. The molecule has 2 rings (SSSR count). The number of nitrogens with zero attached hydrogens (tertiary/aromatic N) is 1. The molecule has 1 aromatic heterocycles. The van der Waals surface area contributed by atoms with Crippen LogP contribution < -0.4 is 14.6 Å². The van der Waals surface area contributed by atoms with Gasteiger partial charge in [-0.2, -0.15) is 0 Å². The van der Waals surface area contributed by atoms with Crippen molar-refractivity contribution in [3.05, 3.63) is 59.4 Å². The quantitative estimate of drug-likeness (QED) is 0.239. The van der Waals surface area contributed by atoms with Gasteiger partial charge in [-0.05, 0) is 49.6 Å². The highest BCUT2D eigenvalue weighted by Crippen LogP contribution is 2.18. The molecule has 0 atom stereocenters. The number of ether oxygens (including phenoxy) is 1. The van der Waals surface area contributed by atoms with Gasteiger partial charge in [-0.15, -0.1) is 0 Å².